The lowest BCUT2D eigenvalue weighted by Crippen LogP contribution is -2.26. The molecule has 112 valence electrons. The van der Waals surface area contributed by atoms with Gasteiger partial charge in [0.1, 0.15) is 0 Å². The first-order valence-corrected chi connectivity index (χ1v) is 7.26. The van der Waals surface area contributed by atoms with Gasteiger partial charge in [-0.3, -0.25) is 9.78 Å². The first-order valence-electron chi connectivity index (χ1n) is 7.26. The van der Waals surface area contributed by atoms with E-state index in [1.165, 1.54) is 0 Å². The van der Waals surface area contributed by atoms with E-state index in [2.05, 4.69) is 10.3 Å². The van der Waals surface area contributed by atoms with Gasteiger partial charge in [-0.05, 0) is 36.5 Å². The molecule has 0 saturated carbocycles. The Morgan fingerprint density at radius 1 is 1.29 bits per heavy atom. The largest absolute Gasteiger partial charge is 0.396 e. The minimum absolute atomic E-state index is 0.0737. The van der Waals surface area contributed by atoms with Crippen molar-refractivity contribution in [3.63, 3.8) is 0 Å². The van der Waals surface area contributed by atoms with Crippen LogP contribution in [0, 0.1) is 5.41 Å². The van der Waals surface area contributed by atoms with Gasteiger partial charge in [0.05, 0.1) is 5.52 Å². The van der Waals surface area contributed by atoms with E-state index in [0.717, 1.165) is 23.7 Å². The topological polar surface area (TPSA) is 62.2 Å². The SMILES string of the molecule is CC(C)(CO)CCCNC(=O)c1cccc2ncccc12. The maximum atomic E-state index is 12.3. The monoisotopic (exact) mass is 286 g/mol. The molecule has 0 aliphatic rings. The zero-order chi connectivity index (χ0) is 15.3. The summed E-state index contributed by atoms with van der Waals surface area (Å²) in [4.78, 5) is 16.5. The lowest BCUT2D eigenvalue weighted by Gasteiger charge is -2.21. The number of carbonyl (C=O) groups is 1. The summed E-state index contributed by atoms with van der Waals surface area (Å²) in [5.74, 6) is -0.0737. The molecule has 1 aromatic carbocycles. The third kappa shape index (κ3) is 4.02. The summed E-state index contributed by atoms with van der Waals surface area (Å²) < 4.78 is 0. The van der Waals surface area contributed by atoms with Crippen LogP contribution in [0.15, 0.2) is 36.5 Å². The molecule has 0 bridgehead atoms. The van der Waals surface area contributed by atoms with Crippen molar-refractivity contribution >= 4 is 16.8 Å². The van der Waals surface area contributed by atoms with Crippen molar-refractivity contribution < 1.29 is 9.90 Å². The van der Waals surface area contributed by atoms with Crippen LogP contribution in [-0.2, 0) is 0 Å². The van der Waals surface area contributed by atoms with Crippen LogP contribution in [0.3, 0.4) is 0 Å². The van der Waals surface area contributed by atoms with Crippen molar-refractivity contribution in [1.82, 2.24) is 10.3 Å². The Hall–Kier alpha value is -1.94. The number of aliphatic hydroxyl groups excluding tert-OH is 1. The molecule has 1 amide bonds. The number of carbonyl (C=O) groups excluding carboxylic acids is 1. The van der Waals surface area contributed by atoms with E-state index < -0.39 is 0 Å². The standard InChI is InChI=1S/C17H22N2O2/c1-17(2,12-20)9-5-11-19-16(21)14-6-3-8-15-13(14)7-4-10-18-15/h3-4,6-8,10,20H,5,9,11-12H2,1-2H3,(H,19,21). The van der Waals surface area contributed by atoms with Gasteiger partial charge in [0.2, 0.25) is 0 Å². The molecule has 0 fully saturated rings. The van der Waals surface area contributed by atoms with Gasteiger partial charge in [0.15, 0.2) is 0 Å². The molecule has 0 spiro atoms. The van der Waals surface area contributed by atoms with Crippen LogP contribution in [-0.4, -0.2) is 29.1 Å². The fourth-order valence-electron chi connectivity index (χ4n) is 2.24. The van der Waals surface area contributed by atoms with Gasteiger partial charge in [-0.15, -0.1) is 0 Å². The quantitative estimate of drug-likeness (QED) is 0.803. The molecule has 0 unspecified atom stereocenters. The van der Waals surface area contributed by atoms with Crippen LogP contribution in [0.4, 0.5) is 0 Å². The highest BCUT2D eigenvalue weighted by Crippen LogP contribution is 2.20. The molecule has 21 heavy (non-hydrogen) atoms. The van der Waals surface area contributed by atoms with Crippen LogP contribution in [0.2, 0.25) is 0 Å². The van der Waals surface area contributed by atoms with Crippen molar-refractivity contribution in [3.05, 3.63) is 42.1 Å². The molecular formula is C17H22N2O2. The van der Waals surface area contributed by atoms with Crippen molar-refractivity contribution in [2.45, 2.75) is 26.7 Å². The number of aromatic nitrogens is 1. The summed E-state index contributed by atoms with van der Waals surface area (Å²) in [6.07, 6.45) is 3.45. The number of aliphatic hydroxyl groups is 1. The number of pyridine rings is 1. The van der Waals surface area contributed by atoms with Gasteiger partial charge < -0.3 is 10.4 Å². The van der Waals surface area contributed by atoms with E-state index in [9.17, 15) is 9.90 Å². The molecule has 0 aliphatic carbocycles. The van der Waals surface area contributed by atoms with Crippen molar-refractivity contribution in [1.29, 1.82) is 0 Å². The van der Waals surface area contributed by atoms with E-state index in [1.54, 1.807) is 6.20 Å². The maximum Gasteiger partial charge on any atom is 0.251 e. The van der Waals surface area contributed by atoms with Gasteiger partial charge in [-0.1, -0.05) is 26.0 Å². The maximum absolute atomic E-state index is 12.3. The van der Waals surface area contributed by atoms with Crippen molar-refractivity contribution in [2.24, 2.45) is 5.41 Å². The van der Waals surface area contributed by atoms with E-state index in [1.807, 2.05) is 44.2 Å². The molecule has 0 atom stereocenters. The fraction of sp³-hybridized carbons (Fsp3) is 0.412. The van der Waals surface area contributed by atoms with E-state index in [0.29, 0.717) is 12.1 Å². The molecule has 4 heteroatoms. The van der Waals surface area contributed by atoms with Crippen molar-refractivity contribution in [2.75, 3.05) is 13.2 Å². The summed E-state index contributed by atoms with van der Waals surface area (Å²) in [7, 11) is 0. The van der Waals surface area contributed by atoms with Gasteiger partial charge >= 0.3 is 0 Å². The number of amides is 1. The zero-order valence-corrected chi connectivity index (χ0v) is 12.6. The minimum atomic E-state index is -0.0892. The van der Waals surface area contributed by atoms with Crippen LogP contribution in [0.1, 0.15) is 37.0 Å². The number of benzene rings is 1. The highest BCUT2D eigenvalue weighted by molar-refractivity contribution is 6.06. The Balaban J connectivity index is 1.97. The lowest BCUT2D eigenvalue weighted by molar-refractivity contribution is 0.0950. The first-order chi connectivity index (χ1) is 10.0. The van der Waals surface area contributed by atoms with Crippen LogP contribution in [0.25, 0.3) is 10.9 Å². The molecule has 0 aliphatic heterocycles. The molecule has 0 radical (unpaired) electrons. The van der Waals surface area contributed by atoms with E-state index in [-0.39, 0.29) is 17.9 Å². The Labute approximate surface area is 125 Å². The second kappa shape index (κ2) is 6.68. The van der Waals surface area contributed by atoms with Crippen LogP contribution >= 0.6 is 0 Å². The average Bonchev–Trinajstić information content (AvgIpc) is 2.51. The molecule has 2 aromatic rings. The summed E-state index contributed by atoms with van der Waals surface area (Å²) in [6.45, 7) is 4.81. The molecular weight excluding hydrogens is 264 g/mol. The predicted octanol–water partition coefficient (Wildman–Crippen LogP) is 2.76. The molecule has 2 rings (SSSR count). The summed E-state index contributed by atoms with van der Waals surface area (Å²) in [5.41, 5.74) is 1.39. The Kier molecular flexibility index (Phi) is 4.91. The second-order valence-corrected chi connectivity index (χ2v) is 6.06. The highest BCUT2D eigenvalue weighted by atomic mass is 16.3. The summed E-state index contributed by atoms with van der Waals surface area (Å²) in [5, 5.41) is 13.0. The number of fused-ring (bicyclic) bond motifs is 1. The van der Waals surface area contributed by atoms with Crippen molar-refractivity contribution in [3.8, 4) is 0 Å². The molecule has 1 aromatic heterocycles. The number of nitrogens with zero attached hydrogens (tertiary/aromatic N) is 1. The minimum Gasteiger partial charge on any atom is -0.396 e. The second-order valence-electron chi connectivity index (χ2n) is 6.06. The van der Waals surface area contributed by atoms with Gasteiger partial charge in [0.25, 0.3) is 5.91 Å². The number of nitrogens with one attached hydrogen (secondary N) is 1. The van der Waals surface area contributed by atoms with Gasteiger partial charge in [-0.2, -0.15) is 0 Å². The lowest BCUT2D eigenvalue weighted by atomic mass is 9.89. The molecule has 4 nitrogen and oxygen atoms in total. The zero-order valence-electron chi connectivity index (χ0n) is 12.6. The average molecular weight is 286 g/mol. The first kappa shape index (κ1) is 15.4. The Morgan fingerprint density at radius 2 is 2.10 bits per heavy atom. The van der Waals surface area contributed by atoms with E-state index >= 15 is 0 Å². The highest BCUT2D eigenvalue weighted by Gasteiger charge is 2.16. The normalized spacial score (nSPS) is 11.6. The van der Waals surface area contributed by atoms with Crippen LogP contribution in [0.5, 0.6) is 0 Å². The molecule has 2 N–H and O–H groups in total. The Morgan fingerprint density at radius 3 is 2.86 bits per heavy atom. The van der Waals surface area contributed by atoms with E-state index in [4.69, 9.17) is 0 Å². The smallest absolute Gasteiger partial charge is 0.251 e. The van der Waals surface area contributed by atoms with Crippen LogP contribution < -0.4 is 5.32 Å². The summed E-state index contributed by atoms with van der Waals surface area (Å²) >= 11 is 0. The summed E-state index contributed by atoms with van der Waals surface area (Å²) in [6, 6.07) is 9.31. The molecule has 0 saturated heterocycles. The fourth-order valence-corrected chi connectivity index (χ4v) is 2.24. The predicted molar refractivity (Wildman–Crippen MR) is 84.2 cm³/mol. The number of rotatable bonds is 6. The molecule has 1 heterocycles. The number of hydrogen-bond donors (Lipinski definition) is 2. The van der Waals surface area contributed by atoms with Gasteiger partial charge in [-0.25, -0.2) is 0 Å². The third-order valence-electron chi connectivity index (χ3n) is 3.63. The van der Waals surface area contributed by atoms with Gasteiger partial charge in [0, 0.05) is 30.3 Å². The number of hydrogen-bond acceptors (Lipinski definition) is 3. The Bertz CT molecular complexity index is 618. The third-order valence-corrected chi connectivity index (χ3v) is 3.63.